The SMILES string of the molecule is C/C=C(\C)OCCCCOCCC(C)C(F)(F)F. The first-order valence-electron chi connectivity index (χ1n) is 6.28. The molecule has 5 heteroatoms. The van der Waals surface area contributed by atoms with Gasteiger partial charge in [-0.25, -0.2) is 0 Å². The third kappa shape index (κ3) is 9.33. The van der Waals surface area contributed by atoms with E-state index in [4.69, 9.17) is 9.47 Å². The highest BCUT2D eigenvalue weighted by molar-refractivity contribution is 4.83. The smallest absolute Gasteiger partial charge is 0.391 e. The third-order valence-corrected chi connectivity index (χ3v) is 2.67. The molecule has 0 amide bonds. The molecule has 108 valence electrons. The third-order valence-electron chi connectivity index (χ3n) is 2.67. The van der Waals surface area contributed by atoms with Crippen molar-refractivity contribution < 1.29 is 22.6 Å². The van der Waals surface area contributed by atoms with E-state index in [1.165, 1.54) is 6.92 Å². The number of rotatable bonds is 9. The molecular formula is C13H23F3O2. The van der Waals surface area contributed by atoms with Gasteiger partial charge in [0.15, 0.2) is 0 Å². The minimum absolute atomic E-state index is 0.0255. The summed E-state index contributed by atoms with van der Waals surface area (Å²) in [6.45, 7) is 6.24. The summed E-state index contributed by atoms with van der Waals surface area (Å²) in [5, 5.41) is 0. The standard InChI is InChI=1S/C13H23F3O2/c1-4-12(3)18-9-6-5-8-17-10-7-11(2)13(14,15)16/h4,11H,5-10H2,1-3H3/b12-4+. The van der Waals surface area contributed by atoms with Crippen molar-refractivity contribution >= 4 is 0 Å². The van der Waals surface area contributed by atoms with Crippen molar-refractivity contribution in [3.63, 3.8) is 0 Å². The zero-order valence-corrected chi connectivity index (χ0v) is 11.3. The second-order valence-electron chi connectivity index (χ2n) is 4.30. The molecule has 2 nitrogen and oxygen atoms in total. The summed E-state index contributed by atoms with van der Waals surface area (Å²) in [4.78, 5) is 0. The molecule has 0 aromatic rings. The Bertz CT molecular complexity index is 237. The van der Waals surface area contributed by atoms with Crippen LogP contribution in [0.3, 0.4) is 0 Å². The molecule has 0 aromatic carbocycles. The first-order chi connectivity index (χ1) is 8.38. The highest BCUT2D eigenvalue weighted by Gasteiger charge is 2.35. The number of alkyl halides is 3. The highest BCUT2D eigenvalue weighted by atomic mass is 19.4. The second kappa shape index (κ2) is 9.25. The molecule has 0 saturated heterocycles. The highest BCUT2D eigenvalue weighted by Crippen LogP contribution is 2.27. The van der Waals surface area contributed by atoms with Gasteiger partial charge in [-0.15, -0.1) is 0 Å². The molecule has 0 N–H and O–H groups in total. The summed E-state index contributed by atoms with van der Waals surface area (Å²) in [6, 6.07) is 0. The fourth-order valence-electron chi connectivity index (χ4n) is 1.15. The topological polar surface area (TPSA) is 18.5 Å². The van der Waals surface area contributed by atoms with E-state index in [9.17, 15) is 13.2 Å². The molecule has 0 saturated carbocycles. The first kappa shape index (κ1) is 17.3. The van der Waals surface area contributed by atoms with Gasteiger partial charge in [-0.3, -0.25) is 0 Å². The lowest BCUT2D eigenvalue weighted by molar-refractivity contribution is -0.173. The Labute approximate surface area is 107 Å². The molecule has 1 atom stereocenters. The van der Waals surface area contributed by atoms with Crippen LogP contribution in [0, 0.1) is 5.92 Å². The van der Waals surface area contributed by atoms with Crippen LogP contribution < -0.4 is 0 Å². The number of halogens is 3. The normalized spacial score (nSPS) is 14.7. The Kier molecular flexibility index (Phi) is 8.89. The zero-order valence-electron chi connectivity index (χ0n) is 11.3. The summed E-state index contributed by atoms with van der Waals surface area (Å²) in [6.07, 6.45) is -0.550. The van der Waals surface area contributed by atoms with Crippen LogP contribution in [0.15, 0.2) is 11.8 Å². The molecule has 18 heavy (non-hydrogen) atoms. The minimum Gasteiger partial charge on any atom is -0.499 e. The van der Waals surface area contributed by atoms with E-state index in [-0.39, 0.29) is 13.0 Å². The van der Waals surface area contributed by atoms with E-state index in [0.717, 1.165) is 18.6 Å². The molecular weight excluding hydrogens is 245 g/mol. The van der Waals surface area contributed by atoms with Gasteiger partial charge in [-0.05, 0) is 33.1 Å². The van der Waals surface area contributed by atoms with Crippen molar-refractivity contribution in [1.82, 2.24) is 0 Å². The van der Waals surface area contributed by atoms with E-state index in [0.29, 0.717) is 13.2 Å². The maximum Gasteiger partial charge on any atom is 0.391 e. The van der Waals surface area contributed by atoms with Crippen molar-refractivity contribution in [2.24, 2.45) is 5.92 Å². The summed E-state index contributed by atoms with van der Waals surface area (Å²) in [5.41, 5.74) is 0. The van der Waals surface area contributed by atoms with Crippen molar-refractivity contribution in [3.8, 4) is 0 Å². The molecule has 0 bridgehead atoms. The van der Waals surface area contributed by atoms with Crippen LogP contribution in [0.2, 0.25) is 0 Å². The van der Waals surface area contributed by atoms with Crippen LogP contribution in [0.4, 0.5) is 13.2 Å². The van der Waals surface area contributed by atoms with E-state index in [1.54, 1.807) is 0 Å². The maximum absolute atomic E-state index is 12.2. The van der Waals surface area contributed by atoms with Gasteiger partial charge < -0.3 is 9.47 Å². The number of hydrogen-bond donors (Lipinski definition) is 0. The van der Waals surface area contributed by atoms with Crippen LogP contribution in [0.5, 0.6) is 0 Å². The zero-order chi connectivity index (χ0) is 14.0. The van der Waals surface area contributed by atoms with Gasteiger partial charge in [0.2, 0.25) is 0 Å². The quantitative estimate of drug-likeness (QED) is 0.458. The van der Waals surface area contributed by atoms with Crippen molar-refractivity contribution in [2.45, 2.75) is 46.2 Å². The van der Waals surface area contributed by atoms with Crippen LogP contribution >= 0.6 is 0 Å². The number of unbranched alkanes of at least 4 members (excludes halogenated alkanes) is 1. The number of allylic oxidation sites excluding steroid dienone is 2. The molecule has 0 aliphatic carbocycles. The van der Waals surface area contributed by atoms with Crippen LogP contribution in [-0.2, 0) is 9.47 Å². The Morgan fingerprint density at radius 3 is 2.33 bits per heavy atom. The predicted octanol–water partition coefficient (Wildman–Crippen LogP) is 4.31. The second-order valence-corrected chi connectivity index (χ2v) is 4.30. The lowest BCUT2D eigenvalue weighted by atomic mass is 10.1. The molecule has 0 heterocycles. The Morgan fingerprint density at radius 2 is 1.78 bits per heavy atom. The number of ether oxygens (including phenoxy) is 2. The lowest BCUT2D eigenvalue weighted by Gasteiger charge is -2.15. The van der Waals surface area contributed by atoms with Crippen molar-refractivity contribution in [1.29, 1.82) is 0 Å². The summed E-state index contributed by atoms with van der Waals surface area (Å²) in [5.74, 6) is -0.409. The molecule has 0 aliphatic heterocycles. The van der Waals surface area contributed by atoms with E-state index < -0.39 is 12.1 Å². The molecule has 0 rings (SSSR count). The van der Waals surface area contributed by atoms with Gasteiger partial charge in [-0.2, -0.15) is 13.2 Å². The van der Waals surface area contributed by atoms with Crippen molar-refractivity contribution in [3.05, 3.63) is 11.8 Å². The van der Waals surface area contributed by atoms with Gasteiger partial charge in [-0.1, -0.05) is 13.0 Å². The maximum atomic E-state index is 12.2. The summed E-state index contributed by atoms with van der Waals surface area (Å²) in [7, 11) is 0. The van der Waals surface area contributed by atoms with Crippen molar-refractivity contribution in [2.75, 3.05) is 19.8 Å². The average molecular weight is 268 g/mol. The van der Waals surface area contributed by atoms with E-state index in [1.807, 2.05) is 19.9 Å². The molecule has 0 aliphatic rings. The molecule has 0 fully saturated rings. The van der Waals surface area contributed by atoms with E-state index >= 15 is 0 Å². The fourth-order valence-corrected chi connectivity index (χ4v) is 1.15. The Morgan fingerprint density at radius 1 is 1.17 bits per heavy atom. The average Bonchev–Trinajstić information content (AvgIpc) is 2.30. The lowest BCUT2D eigenvalue weighted by Crippen LogP contribution is -2.21. The van der Waals surface area contributed by atoms with Gasteiger partial charge >= 0.3 is 6.18 Å². The van der Waals surface area contributed by atoms with Crippen LogP contribution in [0.1, 0.15) is 40.0 Å². The van der Waals surface area contributed by atoms with Gasteiger partial charge in [0.25, 0.3) is 0 Å². The van der Waals surface area contributed by atoms with Gasteiger partial charge in [0.05, 0.1) is 18.3 Å². The molecule has 1 unspecified atom stereocenters. The Hall–Kier alpha value is -0.710. The van der Waals surface area contributed by atoms with E-state index in [2.05, 4.69) is 0 Å². The van der Waals surface area contributed by atoms with Crippen LogP contribution in [-0.4, -0.2) is 26.0 Å². The largest absolute Gasteiger partial charge is 0.499 e. The van der Waals surface area contributed by atoms with Gasteiger partial charge in [0.1, 0.15) is 0 Å². The van der Waals surface area contributed by atoms with Crippen LogP contribution in [0.25, 0.3) is 0 Å². The van der Waals surface area contributed by atoms with Gasteiger partial charge in [0, 0.05) is 13.2 Å². The minimum atomic E-state index is -4.11. The molecule has 0 radical (unpaired) electrons. The monoisotopic (exact) mass is 268 g/mol. The first-order valence-corrected chi connectivity index (χ1v) is 6.28. The molecule has 0 aromatic heterocycles. The fraction of sp³-hybridized carbons (Fsp3) is 0.846. The Balaban J connectivity index is 3.32. The number of hydrogen-bond acceptors (Lipinski definition) is 2. The summed E-state index contributed by atoms with van der Waals surface area (Å²) < 4.78 is 47.0. The summed E-state index contributed by atoms with van der Waals surface area (Å²) >= 11 is 0. The predicted molar refractivity (Wildman–Crippen MR) is 65.3 cm³/mol. The molecule has 0 spiro atoms.